The summed E-state index contributed by atoms with van der Waals surface area (Å²) >= 11 is 0. The molecule has 0 saturated heterocycles. The summed E-state index contributed by atoms with van der Waals surface area (Å²) in [6.45, 7) is 10.6. The molecule has 4 amide bonds. The topological polar surface area (TPSA) is 73.0 Å². The SMILES string of the molecule is C=CCN1C(=O)NC(c2ccc(C)cc2C)C2=C1CN(C(C(=O)N(C)CC)c1ccccc1)C2=O. The standard InChI is InChI=1S/C28H32N4O3/c1-6-15-31-22-17-32(25(27(34)30(5)7-2)20-11-9-8-10-12-20)26(33)23(22)24(29-28(31)35)21-14-13-18(3)16-19(21)4/h6,8-14,16,24-25H,1,7,15,17H2,2-5H3,(H,29,35). The number of benzene rings is 2. The van der Waals surface area contributed by atoms with Gasteiger partial charge in [-0.05, 0) is 37.5 Å². The van der Waals surface area contributed by atoms with Crippen molar-refractivity contribution in [3.8, 4) is 0 Å². The van der Waals surface area contributed by atoms with E-state index in [2.05, 4.69) is 11.9 Å². The lowest BCUT2D eigenvalue weighted by atomic mass is 9.91. The first-order valence-electron chi connectivity index (χ1n) is 11.9. The van der Waals surface area contributed by atoms with Gasteiger partial charge in [-0.2, -0.15) is 0 Å². The molecule has 0 spiro atoms. The van der Waals surface area contributed by atoms with Crippen LogP contribution in [0.2, 0.25) is 0 Å². The van der Waals surface area contributed by atoms with Gasteiger partial charge in [0.15, 0.2) is 0 Å². The van der Waals surface area contributed by atoms with Crippen molar-refractivity contribution in [3.05, 3.63) is 94.7 Å². The highest BCUT2D eigenvalue weighted by atomic mass is 16.2. The van der Waals surface area contributed by atoms with Crippen LogP contribution >= 0.6 is 0 Å². The zero-order valence-corrected chi connectivity index (χ0v) is 20.7. The minimum absolute atomic E-state index is 0.162. The Morgan fingerprint density at radius 1 is 1.20 bits per heavy atom. The van der Waals surface area contributed by atoms with E-state index in [4.69, 9.17) is 0 Å². The minimum atomic E-state index is -0.792. The van der Waals surface area contributed by atoms with Gasteiger partial charge in [0.1, 0.15) is 6.04 Å². The largest absolute Gasteiger partial charge is 0.344 e. The fourth-order valence-electron chi connectivity index (χ4n) is 4.88. The number of carbonyl (C=O) groups excluding carboxylic acids is 3. The highest BCUT2D eigenvalue weighted by Gasteiger charge is 2.47. The molecule has 0 bridgehead atoms. The van der Waals surface area contributed by atoms with Gasteiger partial charge >= 0.3 is 6.03 Å². The van der Waals surface area contributed by atoms with Crippen molar-refractivity contribution in [2.75, 3.05) is 26.7 Å². The molecule has 2 atom stereocenters. The van der Waals surface area contributed by atoms with Gasteiger partial charge in [0.2, 0.25) is 5.91 Å². The van der Waals surface area contributed by atoms with Crippen molar-refractivity contribution in [2.24, 2.45) is 0 Å². The summed E-state index contributed by atoms with van der Waals surface area (Å²) in [6, 6.07) is 13.7. The van der Waals surface area contributed by atoms with Crippen LogP contribution in [0.15, 0.2) is 72.5 Å². The fourth-order valence-corrected chi connectivity index (χ4v) is 4.88. The van der Waals surface area contributed by atoms with Crippen LogP contribution in [-0.2, 0) is 9.59 Å². The molecule has 7 heteroatoms. The summed E-state index contributed by atoms with van der Waals surface area (Å²) in [5, 5.41) is 3.03. The van der Waals surface area contributed by atoms with Crippen molar-refractivity contribution < 1.29 is 14.4 Å². The van der Waals surface area contributed by atoms with Gasteiger partial charge in [-0.3, -0.25) is 14.5 Å². The molecule has 0 fully saturated rings. The Balaban J connectivity index is 1.83. The lowest BCUT2D eigenvalue weighted by Crippen LogP contribution is -2.47. The van der Waals surface area contributed by atoms with Crippen LogP contribution < -0.4 is 5.32 Å². The number of likely N-dealkylation sites (N-methyl/N-ethyl adjacent to an activating group) is 1. The first kappa shape index (κ1) is 24.3. The Morgan fingerprint density at radius 2 is 1.91 bits per heavy atom. The van der Waals surface area contributed by atoms with Crippen LogP contribution in [0.1, 0.15) is 41.3 Å². The van der Waals surface area contributed by atoms with Crippen molar-refractivity contribution in [1.82, 2.24) is 20.0 Å². The van der Waals surface area contributed by atoms with Gasteiger partial charge in [-0.1, -0.05) is 60.2 Å². The second-order valence-corrected chi connectivity index (χ2v) is 9.10. The second kappa shape index (κ2) is 9.78. The Hall–Kier alpha value is -3.87. The molecule has 2 aliphatic heterocycles. The van der Waals surface area contributed by atoms with Crippen molar-refractivity contribution in [2.45, 2.75) is 32.9 Å². The first-order valence-corrected chi connectivity index (χ1v) is 11.9. The summed E-state index contributed by atoms with van der Waals surface area (Å²) in [6.07, 6.45) is 1.64. The van der Waals surface area contributed by atoms with Crippen LogP contribution in [0.4, 0.5) is 4.79 Å². The van der Waals surface area contributed by atoms with E-state index >= 15 is 0 Å². The van der Waals surface area contributed by atoms with E-state index in [1.54, 1.807) is 27.8 Å². The minimum Gasteiger partial charge on any atom is -0.344 e. The number of nitrogens with zero attached hydrogens (tertiary/aromatic N) is 3. The quantitative estimate of drug-likeness (QED) is 0.622. The van der Waals surface area contributed by atoms with Gasteiger partial charge in [-0.15, -0.1) is 6.58 Å². The highest BCUT2D eigenvalue weighted by molar-refractivity contribution is 6.04. The lowest BCUT2D eigenvalue weighted by Gasteiger charge is -2.33. The third kappa shape index (κ3) is 4.34. The molecule has 0 saturated carbocycles. The maximum absolute atomic E-state index is 14.1. The molecular weight excluding hydrogens is 440 g/mol. The van der Waals surface area contributed by atoms with E-state index in [0.29, 0.717) is 17.8 Å². The zero-order valence-electron chi connectivity index (χ0n) is 20.7. The van der Waals surface area contributed by atoms with Gasteiger partial charge in [0.05, 0.1) is 23.9 Å². The zero-order chi connectivity index (χ0) is 25.3. The normalized spacial score (nSPS) is 18.3. The average molecular weight is 473 g/mol. The summed E-state index contributed by atoms with van der Waals surface area (Å²) in [5.41, 5.74) is 4.84. The molecule has 2 heterocycles. The predicted octanol–water partition coefficient (Wildman–Crippen LogP) is 3.87. The average Bonchev–Trinajstić information content (AvgIpc) is 3.18. The van der Waals surface area contributed by atoms with Crippen LogP contribution in [0, 0.1) is 13.8 Å². The lowest BCUT2D eigenvalue weighted by molar-refractivity contribution is -0.142. The van der Waals surface area contributed by atoms with Crippen LogP contribution in [0.5, 0.6) is 0 Å². The monoisotopic (exact) mass is 472 g/mol. The smallest absolute Gasteiger partial charge is 0.322 e. The molecular formula is C28H32N4O3. The van der Waals surface area contributed by atoms with Crippen molar-refractivity contribution >= 4 is 17.8 Å². The van der Waals surface area contributed by atoms with Crippen LogP contribution in [0.25, 0.3) is 0 Å². The van der Waals surface area contributed by atoms with E-state index < -0.39 is 12.1 Å². The summed E-state index contributed by atoms with van der Waals surface area (Å²) in [7, 11) is 1.74. The molecule has 2 unspecified atom stereocenters. The number of rotatable bonds is 7. The van der Waals surface area contributed by atoms with Crippen LogP contribution in [0.3, 0.4) is 0 Å². The second-order valence-electron chi connectivity index (χ2n) is 9.10. The summed E-state index contributed by atoms with van der Waals surface area (Å²) in [5.74, 6) is -0.407. The number of carbonyl (C=O) groups is 3. The Labute approximate surface area is 206 Å². The van der Waals surface area contributed by atoms with E-state index in [-0.39, 0.29) is 30.9 Å². The molecule has 2 aromatic rings. The number of hydrogen-bond donors (Lipinski definition) is 1. The third-order valence-electron chi connectivity index (χ3n) is 6.81. The number of hydrogen-bond acceptors (Lipinski definition) is 3. The molecule has 1 N–H and O–H groups in total. The Morgan fingerprint density at radius 3 is 2.54 bits per heavy atom. The number of amides is 4. The summed E-state index contributed by atoms with van der Waals surface area (Å²) in [4.78, 5) is 45.5. The maximum atomic E-state index is 14.1. The number of aryl methyl sites for hydroxylation is 2. The van der Waals surface area contributed by atoms with E-state index in [0.717, 1.165) is 22.3 Å². The van der Waals surface area contributed by atoms with Crippen molar-refractivity contribution in [3.63, 3.8) is 0 Å². The number of nitrogens with one attached hydrogen (secondary N) is 1. The van der Waals surface area contributed by atoms with E-state index in [1.807, 2.05) is 69.3 Å². The van der Waals surface area contributed by atoms with Gasteiger partial charge < -0.3 is 15.1 Å². The molecule has 7 nitrogen and oxygen atoms in total. The Kier molecular flexibility index (Phi) is 6.78. The predicted molar refractivity (Wildman–Crippen MR) is 135 cm³/mol. The fraction of sp³-hybridized carbons (Fsp3) is 0.321. The summed E-state index contributed by atoms with van der Waals surface area (Å²) < 4.78 is 0. The molecule has 182 valence electrons. The highest BCUT2D eigenvalue weighted by Crippen LogP contribution is 2.40. The Bertz CT molecular complexity index is 1200. The third-order valence-corrected chi connectivity index (χ3v) is 6.81. The molecule has 0 aromatic heterocycles. The maximum Gasteiger partial charge on any atom is 0.322 e. The molecule has 2 aliphatic rings. The molecule has 35 heavy (non-hydrogen) atoms. The molecule has 2 aromatic carbocycles. The van der Waals surface area contributed by atoms with Gasteiger partial charge in [0, 0.05) is 20.1 Å². The van der Waals surface area contributed by atoms with E-state index in [9.17, 15) is 14.4 Å². The van der Waals surface area contributed by atoms with E-state index in [1.165, 1.54) is 0 Å². The van der Waals surface area contributed by atoms with Crippen LogP contribution in [-0.4, -0.2) is 59.2 Å². The van der Waals surface area contributed by atoms with Gasteiger partial charge in [0.25, 0.3) is 5.91 Å². The molecule has 4 rings (SSSR count). The van der Waals surface area contributed by atoms with Gasteiger partial charge in [-0.25, -0.2) is 4.79 Å². The first-order chi connectivity index (χ1) is 16.8. The molecule has 0 radical (unpaired) electrons. The molecule has 0 aliphatic carbocycles. The van der Waals surface area contributed by atoms with Crippen molar-refractivity contribution in [1.29, 1.82) is 0 Å². The number of urea groups is 1.